The molecular weight excluding hydrogens is 749 g/mol. The summed E-state index contributed by atoms with van der Waals surface area (Å²) in [5, 5.41) is 7.80. The molecule has 0 radical (unpaired) electrons. The molecule has 0 saturated heterocycles. The van der Waals surface area contributed by atoms with Crippen molar-refractivity contribution in [2.24, 2.45) is 0 Å². The first-order valence-corrected chi connectivity index (χ1v) is 22.1. The van der Waals surface area contributed by atoms with E-state index in [2.05, 4.69) is 245 Å². The van der Waals surface area contributed by atoms with Gasteiger partial charge in [-0.3, -0.25) is 0 Å². The standard InChI is InChI=1S/C60H52N2/c1-39(2)51-37-53-57(61(45-25-17-19-41(5)35-45)55-29-15-13-27-47(55)43-21-9-7-10-22-43)34-32-50-52(40(3)4)38-54-58(33-31-49(51)59(54)60(50)53)62(46-26-18-20-42(6)36-46)56-30-16-14-28-48(56)44-23-11-8-12-24-44/h7-40H,1-6H3. The smallest absolute Gasteiger partial charge is 0.0541 e. The van der Waals surface area contributed by atoms with Crippen molar-refractivity contribution >= 4 is 66.4 Å². The van der Waals surface area contributed by atoms with Gasteiger partial charge in [0.1, 0.15) is 0 Å². The van der Waals surface area contributed by atoms with Crippen molar-refractivity contribution < 1.29 is 0 Å². The molecule has 0 aromatic heterocycles. The fraction of sp³-hybridized carbons (Fsp3) is 0.133. The number of benzene rings is 10. The minimum Gasteiger partial charge on any atom is -0.309 e. The van der Waals surface area contributed by atoms with Crippen molar-refractivity contribution in [3.8, 4) is 22.3 Å². The maximum Gasteiger partial charge on any atom is 0.0541 e. The lowest BCUT2D eigenvalue weighted by Gasteiger charge is -2.32. The molecule has 2 nitrogen and oxygen atoms in total. The fourth-order valence-electron chi connectivity index (χ4n) is 9.75. The van der Waals surface area contributed by atoms with Crippen LogP contribution in [0.15, 0.2) is 194 Å². The van der Waals surface area contributed by atoms with Crippen LogP contribution in [0.5, 0.6) is 0 Å². The summed E-state index contributed by atoms with van der Waals surface area (Å²) in [5.41, 5.74) is 16.9. The fourth-order valence-corrected chi connectivity index (χ4v) is 9.75. The van der Waals surface area contributed by atoms with E-state index in [1.54, 1.807) is 0 Å². The molecule has 0 unspecified atom stereocenters. The average molecular weight is 801 g/mol. The molecule has 10 rings (SSSR count). The molecule has 0 fully saturated rings. The van der Waals surface area contributed by atoms with Crippen LogP contribution in [0, 0.1) is 13.8 Å². The van der Waals surface area contributed by atoms with Crippen molar-refractivity contribution in [1.29, 1.82) is 0 Å². The van der Waals surface area contributed by atoms with Gasteiger partial charge in [0.15, 0.2) is 0 Å². The van der Waals surface area contributed by atoms with Gasteiger partial charge < -0.3 is 9.80 Å². The first-order chi connectivity index (χ1) is 30.3. The summed E-state index contributed by atoms with van der Waals surface area (Å²) in [5.74, 6) is 0.585. The van der Waals surface area contributed by atoms with E-state index in [9.17, 15) is 0 Å². The Balaban J connectivity index is 1.34. The Morgan fingerprint density at radius 1 is 0.323 bits per heavy atom. The Morgan fingerprint density at radius 2 is 0.710 bits per heavy atom. The topological polar surface area (TPSA) is 6.48 Å². The average Bonchev–Trinajstić information content (AvgIpc) is 3.29. The van der Waals surface area contributed by atoms with E-state index in [4.69, 9.17) is 0 Å². The van der Waals surface area contributed by atoms with Gasteiger partial charge in [-0.1, -0.05) is 161 Å². The van der Waals surface area contributed by atoms with Gasteiger partial charge in [-0.2, -0.15) is 0 Å². The first-order valence-electron chi connectivity index (χ1n) is 22.1. The normalized spacial score (nSPS) is 11.7. The van der Waals surface area contributed by atoms with E-state index in [0.29, 0.717) is 11.8 Å². The second-order valence-electron chi connectivity index (χ2n) is 17.5. The molecule has 10 aromatic rings. The van der Waals surface area contributed by atoms with Crippen LogP contribution >= 0.6 is 0 Å². The lowest BCUT2D eigenvalue weighted by atomic mass is 9.83. The predicted molar refractivity (Wildman–Crippen MR) is 268 cm³/mol. The van der Waals surface area contributed by atoms with Crippen LogP contribution in [0.25, 0.3) is 54.6 Å². The summed E-state index contributed by atoms with van der Waals surface area (Å²) in [4.78, 5) is 5.02. The minimum atomic E-state index is 0.292. The number of para-hydroxylation sites is 2. The maximum atomic E-state index is 2.52. The predicted octanol–water partition coefficient (Wildman–Crippen LogP) is 17.7. The van der Waals surface area contributed by atoms with Crippen LogP contribution in [0.3, 0.4) is 0 Å². The Labute approximate surface area is 366 Å². The Hall–Kier alpha value is -7.16. The highest BCUT2D eigenvalue weighted by molar-refractivity contribution is 6.30. The monoisotopic (exact) mass is 800 g/mol. The largest absolute Gasteiger partial charge is 0.309 e. The van der Waals surface area contributed by atoms with Gasteiger partial charge in [-0.25, -0.2) is 0 Å². The third kappa shape index (κ3) is 6.77. The molecule has 0 heterocycles. The first kappa shape index (κ1) is 39.0. The highest BCUT2D eigenvalue weighted by Gasteiger charge is 2.27. The van der Waals surface area contributed by atoms with Gasteiger partial charge in [0.25, 0.3) is 0 Å². The number of aryl methyl sites for hydroxylation is 2. The number of anilines is 6. The molecule has 2 heteroatoms. The molecule has 0 aliphatic carbocycles. The molecule has 0 aliphatic heterocycles. The quantitative estimate of drug-likeness (QED) is 0.127. The highest BCUT2D eigenvalue weighted by Crippen LogP contribution is 2.52. The molecule has 0 bridgehead atoms. The molecule has 302 valence electrons. The summed E-state index contributed by atoms with van der Waals surface area (Å²) in [7, 11) is 0. The zero-order valence-corrected chi connectivity index (χ0v) is 36.5. The molecule has 0 spiro atoms. The van der Waals surface area contributed by atoms with Crippen LogP contribution in [0.4, 0.5) is 34.1 Å². The van der Waals surface area contributed by atoms with Gasteiger partial charge in [0.05, 0.1) is 22.7 Å². The van der Waals surface area contributed by atoms with Gasteiger partial charge in [0.2, 0.25) is 0 Å². The molecular formula is C60H52N2. The Kier molecular flexibility index (Phi) is 10.1. The van der Waals surface area contributed by atoms with Crippen molar-refractivity contribution in [3.05, 3.63) is 216 Å². The SMILES string of the molecule is Cc1cccc(N(c2ccccc2-c2ccccc2)c2ccc3c(C(C)C)cc4c(N(c5cccc(C)c5)c5ccccc5-c5ccccc5)ccc5c(C(C)C)cc2c3c54)c1. The van der Waals surface area contributed by atoms with Gasteiger partial charge >= 0.3 is 0 Å². The molecule has 0 atom stereocenters. The summed E-state index contributed by atoms with van der Waals surface area (Å²) in [6.07, 6.45) is 0. The highest BCUT2D eigenvalue weighted by atomic mass is 15.2. The van der Waals surface area contributed by atoms with Crippen LogP contribution in [0.2, 0.25) is 0 Å². The molecule has 0 aliphatic rings. The van der Waals surface area contributed by atoms with Gasteiger partial charge in [-0.15, -0.1) is 0 Å². The third-order valence-corrected chi connectivity index (χ3v) is 12.6. The number of nitrogens with zero attached hydrogens (tertiary/aromatic N) is 2. The Bertz CT molecular complexity index is 3000. The van der Waals surface area contributed by atoms with Crippen LogP contribution in [-0.2, 0) is 0 Å². The van der Waals surface area contributed by atoms with Crippen LogP contribution < -0.4 is 9.80 Å². The lowest BCUT2D eigenvalue weighted by Crippen LogP contribution is -2.13. The van der Waals surface area contributed by atoms with Crippen molar-refractivity contribution in [2.75, 3.05) is 9.80 Å². The number of hydrogen-bond acceptors (Lipinski definition) is 2. The molecule has 0 saturated carbocycles. The van der Waals surface area contributed by atoms with E-state index in [1.807, 2.05) is 0 Å². The minimum absolute atomic E-state index is 0.292. The molecule has 0 N–H and O–H groups in total. The van der Waals surface area contributed by atoms with Gasteiger partial charge in [0, 0.05) is 33.3 Å². The van der Waals surface area contributed by atoms with Crippen LogP contribution in [-0.4, -0.2) is 0 Å². The molecule has 62 heavy (non-hydrogen) atoms. The van der Waals surface area contributed by atoms with E-state index >= 15 is 0 Å². The molecule has 10 aromatic carbocycles. The number of hydrogen-bond donors (Lipinski definition) is 0. The van der Waals surface area contributed by atoms with Crippen molar-refractivity contribution in [3.63, 3.8) is 0 Å². The summed E-state index contributed by atoms with van der Waals surface area (Å²) in [6.45, 7) is 13.8. The molecule has 0 amide bonds. The zero-order valence-electron chi connectivity index (χ0n) is 36.5. The maximum absolute atomic E-state index is 2.52. The second-order valence-corrected chi connectivity index (χ2v) is 17.5. The summed E-state index contributed by atoms with van der Waals surface area (Å²) < 4.78 is 0. The van der Waals surface area contributed by atoms with Gasteiger partial charge in [-0.05, 0) is 141 Å². The number of rotatable bonds is 10. The van der Waals surface area contributed by atoms with E-state index < -0.39 is 0 Å². The Morgan fingerprint density at radius 3 is 1.10 bits per heavy atom. The summed E-state index contributed by atoms with van der Waals surface area (Å²) >= 11 is 0. The lowest BCUT2D eigenvalue weighted by molar-refractivity contribution is 0.876. The zero-order chi connectivity index (χ0) is 42.5. The summed E-state index contributed by atoms with van der Waals surface area (Å²) in [6, 6.07) is 72.0. The van der Waals surface area contributed by atoms with E-state index in [1.165, 1.54) is 88.2 Å². The third-order valence-electron chi connectivity index (χ3n) is 12.6. The second kappa shape index (κ2) is 16.0. The van der Waals surface area contributed by atoms with Crippen LogP contribution in [0.1, 0.15) is 61.8 Å². The van der Waals surface area contributed by atoms with Crippen molar-refractivity contribution in [2.45, 2.75) is 53.4 Å². The van der Waals surface area contributed by atoms with E-state index in [-0.39, 0.29) is 0 Å². The van der Waals surface area contributed by atoms with Crippen molar-refractivity contribution in [1.82, 2.24) is 0 Å². The van der Waals surface area contributed by atoms with E-state index in [0.717, 1.165) is 22.7 Å².